The van der Waals surface area contributed by atoms with Crippen LogP contribution in [-0.4, -0.2) is 23.8 Å². The molecule has 2 heteroatoms. The SMILES string of the molecule is OCC1C2CCC(C2)C1NC1CCC1. The highest BCUT2D eigenvalue weighted by Crippen LogP contribution is 2.48. The van der Waals surface area contributed by atoms with Gasteiger partial charge in [-0.05, 0) is 43.9 Å². The fourth-order valence-electron chi connectivity index (χ4n) is 3.78. The number of aliphatic hydroxyl groups excluding tert-OH is 1. The van der Waals surface area contributed by atoms with E-state index < -0.39 is 0 Å². The van der Waals surface area contributed by atoms with Gasteiger partial charge in [-0.25, -0.2) is 0 Å². The van der Waals surface area contributed by atoms with Crippen molar-refractivity contribution in [2.24, 2.45) is 17.8 Å². The van der Waals surface area contributed by atoms with E-state index in [-0.39, 0.29) is 0 Å². The van der Waals surface area contributed by atoms with Gasteiger partial charge in [0.1, 0.15) is 0 Å². The maximum Gasteiger partial charge on any atom is 0.0476 e. The molecule has 3 saturated carbocycles. The maximum atomic E-state index is 9.42. The average Bonchev–Trinajstić information content (AvgIpc) is 2.69. The Hall–Kier alpha value is -0.0800. The van der Waals surface area contributed by atoms with Gasteiger partial charge in [0.2, 0.25) is 0 Å². The largest absolute Gasteiger partial charge is 0.396 e. The lowest BCUT2D eigenvalue weighted by atomic mass is 9.82. The lowest BCUT2D eigenvalue weighted by Gasteiger charge is -2.37. The van der Waals surface area contributed by atoms with E-state index in [2.05, 4.69) is 5.32 Å². The molecule has 0 spiro atoms. The Morgan fingerprint density at radius 3 is 2.50 bits per heavy atom. The van der Waals surface area contributed by atoms with Gasteiger partial charge >= 0.3 is 0 Å². The van der Waals surface area contributed by atoms with Gasteiger partial charge in [0.25, 0.3) is 0 Å². The van der Waals surface area contributed by atoms with Gasteiger partial charge in [-0.3, -0.25) is 0 Å². The highest BCUT2D eigenvalue weighted by Gasteiger charge is 2.47. The molecule has 0 aliphatic heterocycles. The molecule has 4 unspecified atom stereocenters. The van der Waals surface area contributed by atoms with Gasteiger partial charge in [-0.2, -0.15) is 0 Å². The molecule has 4 atom stereocenters. The van der Waals surface area contributed by atoms with Crippen LogP contribution in [0.4, 0.5) is 0 Å². The summed E-state index contributed by atoms with van der Waals surface area (Å²) in [5.74, 6) is 2.30. The lowest BCUT2D eigenvalue weighted by molar-refractivity contribution is 0.126. The van der Waals surface area contributed by atoms with Gasteiger partial charge in [0, 0.05) is 24.6 Å². The first-order valence-corrected chi connectivity index (χ1v) is 6.25. The van der Waals surface area contributed by atoms with Crippen molar-refractivity contribution >= 4 is 0 Å². The van der Waals surface area contributed by atoms with Gasteiger partial charge < -0.3 is 10.4 Å². The summed E-state index contributed by atoms with van der Waals surface area (Å²) in [6.07, 6.45) is 8.31. The molecule has 0 aromatic heterocycles. The standard InChI is InChI=1S/C12H21NO/c14-7-11-8-4-5-9(6-8)12(11)13-10-2-1-3-10/h8-14H,1-7H2. The lowest BCUT2D eigenvalue weighted by Crippen LogP contribution is -2.49. The van der Waals surface area contributed by atoms with Gasteiger partial charge in [0.05, 0.1) is 0 Å². The molecule has 3 rings (SSSR count). The Kier molecular flexibility index (Phi) is 2.29. The van der Waals surface area contributed by atoms with Crippen LogP contribution in [-0.2, 0) is 0 Å². The van der Waals surface area contributed by atoms with Crippen molar-refractivity contribution in [3.63, 3.8) is 0 Å². The molecule has 3 fully saturated rings. The normalized spacial score (nSPS) is 46.9. The summed E-state index contributed by atoms with van der Waals surface area (Å²) in [4.78, 5) is 0. The van der Waals surface area contributed by atoms with E-state index in [1.807, 2.05) is 0 Å². The number of aliphatic hydroxyl groups is 1. The Labute approximate surface area is 86.1 Å². The predicted molar refractivity (Wildman–Crippen MR) is 56.0 cm³/mol. The third-order valence-corrected chi connectivity index (χ3v) is 4.83. The number of fused-ring (bicyclic) bond motifs is 2. The molecule has 0 radical (unpaired) electrons. The summed E-state index contributed by atoms with van der Waals surface area (Å²) in [6, 6.07) is 1.44. The number of nitrogens with one attached hydrogen (secondary N) is 1. The first-order valence-electron chi connectivity index (χ1n) is 6.25. The first kappa shape index (κ1) is 9.17. The van der Waals surface area contributed by atoms with E-state index in [1.165, 1.54) is 38.5 Å². The summed E-state index contributed by atoms with van der Waals surface area (Å²) in [6.45, 7) is 0.408. The van der Waals surface area contributed by atoms with Crippen LogP contribution >= 0.6 is 0 Å². The van der Waals surface area contributed by atoms with E-state index in [0.29, 0.717) is 18.6 Å². The molecule has 3 aliphatic rings. The Balaban J connectivity index is 1.64. The zero-order chi connectivity index (χ0) is 9.54. The van der Waals surface area contributed by atoms with Crippen LogP contribution in [0.2, 0.25) is 0 Å². The summed E-state index contributed by atoms with van der Waals surface area (Å²) >= 11 is 0. The minimum atomic E-state index is 0.408. The maximum absolute atomic E-state index is 9.42. The summed E-state index contributed by atoms with van der Waals surface area (Å²) in [5, 5.41) is 13.2. The van der Waals surface area contributed by atoms with Crippen molar-refractivity contribution in [1.82, 2.24) is 5.32 Å². The van der Waals surface area contributed by atoms with E-state index in [1.54, 1.807) is 0 Å². The minimum absolute atomic E-state index is 0.408. The number of rotatable bonds is 3. The second-order valence-corrected chi connectivity index (χ2v) is 5.50. The highest BCUT2D eigenvalue weighted by molar-refractivity contribution is 5.01. The van der Waals surface area contributed by atoms with E-state index in [4.69, 9.17) is 0 Å². The zero-order valence-corrected chi connectivity index (χ0v) is 8.78. The smallest absolute Gasteiger partial charge is 0.0476 e. The molecule has 0 aromatic rings. The van der Waals surface area contributed by atoms with Crippen molar-refractivity contribution in [3.8, 4) is 0 Å². The van der Waals surface area contributed by atoms with Crippen LogP contribution in [0.5, 0.6) is 0 Å². The molecule has 0 heterocycles. The average molecular weight is 195 g/mol. The fraction of sp³-hybridized carbons (Fsp3) is 1.00. The molecule has 0 aromatic carbocycles. The second-order valence-electron chi connectivity index (χ2n) is 5.50. The molecule has 80 valence electrons. The molecule has 2 bridgehead atoms. The van der Waals surface area contributed by atoms with Crippen molar-refractivity contribution in [3.05, 3.63) is 0 Å². The molecule has 0 saturated heterocycles. The molecule has 3 aliphatic carbocycles. The van der Waals surface area contributed by atoms with Gasteiger partial charge in [-0.15, -0.1) is 0 Å². The molecular formula is C12H21NO. The van der Waals surface area contributed by atoms with Crippen molar-refractivity contribution in [2.75, 3.05) is 6.61 Å². The monoisotopic (exact) mass is 195 g/mol. The minimum Gasteiger partial charge on any atom is -0.396 e. The van der Waals surface area contributed by atoms with Crippen LogP contribution in [0.15, 0.2) is 0 Å². The van der Waals surface area contributed by atoms with Crippen LogP contribution < -0.4 is 5.32 Å². The molecule has 2 N–H and O–H groups in total. The zero-order valence-electron chi connectivity index (χ0n) is 8.78. The van der Waals surface area contributed by atoms with Crippen molar-refractivity contribution in [1.29, 1.82) is 0 Å². The highest BCUT2D eigenvalue weighted by atomic mass is 16.3. The quantitative estimate of drug-likeness (QED) is 0.716. The van der Waals surface area contributed by atoms with Crippen molar-refractivity contribution < 1.29 is 5.11 Å². The van der Waals surface area contributed by atoms with Crippen LogP contribution in [0.3, 0.4) is 0 Å². The van der Waals surface area contributed by atoms with E-state index >= 15 is 0 Å². The number of hydrogen-bond acceptors (Lipinski definition) is 2. The van der Waals surface area contributed by atoms with E-state index in [0.717, 1.165) is 17.9 Å². The summed E-state index contributed by atoms with van der Waals surface area (Å²) < 4.78 is 0. The van der Waals surface area contributed by atoms with Gasteiger partial charge in [-0.1, -0.05) is 6.42 Å². The van der Waals surface area contributed by atoms with Crippen LogP contribution in [0.25, 0.3) is 0 Å². The first-order chi connectivity index (χ1) is 6.88. The van der Waals surface area contributed by atoms with Crippen molar-refractivity contribution in [2.45, 2.75) is 50.6 Å². The van der Waals surface area contributed by atoms with Crippen LogP contribution in [0, 0.1) is 17.8 Å². The number of hydrogen-bond donors (Lipinski definition) is 2. The molecule has 14 heavy (non-hydrogen) atoms. The molecule has 2 nitrogen and oxygen atoms in total. The summed E-state index contributed by atoms with van der Waals surface area (Å²) in [5.41, 5.74) is 0. The molecular weight excluding hydrogens is 174 g/mol. The molecule has 0 amide bonds. The predicted octanol–water partition coefficient (Wildman–Crippen LogP) is 1.54. The Bertz CT molecular complexity index is 214. The third-order valence-electron chi connectivity index (χ3n) is 4.83. The Morgan fingerprint density at radius 2 is 1.86 bits per heavy atom. The third kappa shape index (κ3) is 1.31. The van der Waals surface area contributed by atoms with Gasteiger partial charge in [0.15, 0.2) is 0 Å². The fourth-order valence-corrected chi connectivity index (χ4v) is 3.78. The Morgan fingerprint density at radius 1 is 1.07 bits per heavy atom. The van der Waals surface area contributed by atoms with E-state index in [9.17, 15) is 5.11 Å². The van der Waals surface area contributed by atoms with Crippen LogP contribution in [0.1, 0.15) is 38.5 Å². The second kappa shape index (κ2) is 3.49. The summed E-state index contributed by atoms with van der Waals surface area (Å²) in [7, 11) is 0. The topological polar surface area (TPSA) is 32.3 Å².